The topological polar surface area (TPSA) is 51.1 Å². The van der Waals surface area contributed by atoms with Crippen molar-refractivity contribution in [2.75, 3.05) is 43.9 Å². The summed E-state index contributed by atoms with van der Waals surface area (Å²) in [4.78, 5) is 2.59. The Morgan fingerprint density at radius 1 is 1.23 bits per heavy atom. The molecule has 2 aromatic rings. The molecule has 4 heteroatoms. The van der Waals surface area contributed by atoms with Gasteiger partial charge in [-0.15, -0.1) is 6.58 Å². The zero-order valence-electron chi connectivity index (χ0n) is 18.7. The number of aryl methyl sites for hydroxylation is 2. The second-order valence-electron chi connectivity index (χ2n) is 8.95. The Labute approximate surface area is 187 Å². The third-order valence-corrected chi connectivity index (χ3v) is 7.14. The van der Waals surface area contributed by atoms with E-state index in [1.807, 2.05) is 25.2 Å². The van der Waals surface area contributed by atoms with Crippen molar-refractivity contribution >= 4 is 11.4 Å². The first-order chi connectivity index (χ1) is 15.2. The fourth-order valence-electron chi connectivity index (χ4n) is 5.19. The van der Waals surface area contributed by atoms with Gasteiger partial charge in [-0.25, -0.2) is 0 Å². The lowest BCUT2D eigenvalue weighted by Gasteiger charge is -2.41. The minimum Gasteiger partial charge on any atom is -0.388 e. The molecule has 2 heterocycles. The van der Waals surface area contributed by atoms with Gasteiger partial charge in [0.15, 0.2) is 0 Å². The molecule has 2 aliphatic heterocycles. The number of hydrogen-bond donors (Lipinski definition) is 2. The summed E-state index contributed by atoms with van der Waals surface area (Å²) in [6.45, 7) is 8.57. The van der Waals surface area contributed by atoms with Crippen LogP contribution in [0, 0.1) is 11.3 Å². The lowest BCUT2D eigenvalue weighted by molar-refractivity contribution is 0.182. The van der Waals surface area contributed by atoms with Gasteiger partial charge in [-0.2, -0.15) is 5.26 Å². The van der Waals surface area contributed by atoms with Gasteiger partial charge < -0.3 is 15.5 Å². The van der Waals surface area contributed by atoms with Gasteiger partial charge in [-0.3, -0.25) is 0 Å². The van der Waals surface area contributed by atoms with Gasteiger partial charge in [-0.1, -0.05) is 18.2 Å². The van der Waals surface area contributed by atoms with Crippen LogP contribution in [0.3, 0.4) is 0 Å². The van der Waals surface area contributed by atoms with Crippen molar-refractivity contribution in [1.82, 2.24) is 4.90 Å². The summed E-state index contributed by atoms with van der Waals surface area (Å²) in [5, 5.41) is 16.2. The lowest BCUT2D eigenvalue weighted by Crippen LogP contribution is -2.42. The van der Waals surface area contributed by atoms with E-state index in [9.17, 15) is 5.26 Å². The van der Waals surface area contributed by atoms with E-state index in [-0.39, 0.29) is 5.41 Å². The first kappa shape index (κ1) is 21.5. The maximum absolute atomic E-state index is 9.37. The Morgan fingerprint density at radius 3 is 2.81 bits per heavy atom. The molecule has 0 unspecified atom stereocenters. The number of nitrogens with zero attached hydrogens (tertiary/aromatic N) is 2. The largest absolute Gasteiger partial charge is 0.388 e. The molecule has 2 N–H and O–H groups in total. The van der Waals surface area contributed by atoms with Gasteiger partial charge in [0.05, 0.1) is 11.6 Å². The molecule has 0 atom stereocenters. The molecule has 31 heavy (non-hydrogen) atoms. The molecular weight excluding hydrogens is 380 g/mol. The molecule has 1 saturated heterocycles. The Balaban J connectivity index is 1.35. The van der Waals surface area contributed by atoms with E-state index in [4.69, 9.17) is 0 Å². The van der Waals surface area contributed by atoms with Crippen molar-refractivity contribution in [3.63, 3.8) is 0 Å². The fourth-order valence-corrected chi connectivity index (χ4v) is 5.19. The number of nitrogens with one attached hydrogen (secondary N) is 2. The van der Waals surface area contributed by atoms with Crippen LogP contribution in [-0.4, -0.2) is 38.1 Å². The summed E-state index contributed by atoms with van der Waals surface area (Å²) in [5.74, 6) is 0. The van der Waals surface area contributed by atoms with Crippen molar-refractivity contribution in [3.8, 4) is 6.07 Å². The molecule has 0 aromatic heterocycles. The first-order valence-corrected chi connectivity index (χ1v) is 11.6. The molecule has 162 valence electrons. The number of anilines is 2. The first-order valence-electron chi connectivity index (χ1n) is 11.6. The summed E-state index contributed by atoms with van der Waals surface area (Å²) >= 11 is 0. The van der Waals surface area contributed by atoms with E-state index >= 15 is 0 Å². The monoisotopic (exact) mass is 414 g/mol. The highest BCUT2D eigenvalue weighted by molar-refractivity contribution is 5.59. The van der Waals surface area contributed by atoms with E-state index in [2.05, 4.69) is 52.5 Å². The highest BCUT2D eigenvalue weighted by Gasteiger charge is 2.35. The van der Waals surface area contributed by atoms with Crippen molar-refractivity contribution in [2.24, 2.45) is 0 Å². The molecule has 0 radical (unpaired) electrons. The summed E-state index contributed by atoms with van der Waals surface area (Å²) in [7, 11) is 1.95. The zero-order chi connectivity index (χ0) is 21.7. The summed E-state index contributed by atoms with van der Waals surface area (Å²) < 4.78 is 0. The minimum atomic E-state index is -0.0623. The molecule has 1 fully saturated rings. The van der Waals surface area contributed by atoms with E-state index in [0.717, 1.165) is 56.7 Å². The quantitative estimate of drug-likeness (QED) is 0.618. The SMILES string of the molecule is C=CC1(c2cc(C#N)ccc2NC)CCN(CCCc2ccc3c(c2)CCCN3)CC1. The molecule has 2 aromatic carbocycles. The average molecular weight is 415 g/mol. The summed E-state index contributed by atoms with van der Waals surface area (Å²) in [6.07, 6.45) is 8.98. The number of allylic oxidation sites excluding steroid dienone is 1. The average Bonchev–Trinajstić information content (AvgIpc) is 2.84. The smallest absolute Gasteiger partial charge is 0.0991 e. The van der Waals surface area contributed by atoms with E-state index in [1.54, 1.807) is 0 Å². The van der Waals surface area contributed by atoms with Crippen LogP contribution < -0.4 is 10.6 Å². The highest BCUT2D eigenvalue weighted by Crippen LogP contribution is 2.40. The Bertz CT molecular complexity index is 964. The summed E-state index contributed by atoms with van der Waals surface area (Å²) in [5.41, 5.74) is 7.25. The van der Waals surface area contributed by atoms with Crippen LogP contribution in [0.5, 0.6) is 0 Å². The third-order valence-electron chi connectivity index (χ3n) is 7.14. The van der Waals surface area contributed by atoms with Crippen LogP contribution in [0.4, 0.5) is 11.4 Å². The molecule has 0 amide bonds. The fraction of sp³-hybridized carbons (Fsp3) is 0.444. The number of fused-ring (bicyclic) bond motifs is 1. The van der Waals surface area contributed by atoms with E-state index in [1.165, 1.54) is 41.6 Å². The van der Waals surface area contributed by atoms with Crippen LogP contribution in [0.15, 0.2) is 49.1 Å². The predicted molar refractivity (Wildman–Crippen MR) is 130 cm³/mol. The molecule has 2 aliphatic rings. The van der Waals surface area contributed by atoms with Crippen molar-refractivity contribution in [2.45, 2.75) is 43.9 Å². The normalized spacial score (nSPS) is 17.8. The second kappa shape index (κ2) is 9.58. The number of benzene rings is 2. The summed E-state index contributed by atoms with van der Waals surface area (Å²) in [6, 6.07) is 15.2. The number of likely N-dealkylation sites (tertiary alicyclic amines) is 1. The molecule has 4 rings (SSSR count). The van der Waals surface area contributed by atoms with Gasteiger partial charge in [0.2, 0.25) is 0 Å². The molecule has 0 saturated carbocycles. The van der Waals surface area contributed by atoms with Crippen LogP contribution in [0.25, 0.3) is 0 Å². The lowest BCUT2D eigenvalue weighted by atomic mass is 9.72. The van der Waals surface area contributed by atoms with Crippen LogP contribution in [0.1, 0.15) is 47.9 Å². The molecule has 0 bridgehead atoms. The van der Waals surface area contributed by atoms with Gasteiger partial charge in [0.25, 0.3) is 0 Å². The standard InChI is InChI=1S/C27H34N4/c1-3-27(24-19-22(20-28)9-11-26(24)29-2)12-16-31(17-13-27)15-5-6-21-8-10-25-23(18-21)7-4-14-30-25/h3,8-11,18-19,29-30H,1,4-7,12-17H2,2H3. The van der Waals surface area contributed by atoms with Crippen molar-refractivity contribution in [3.05, 3.63) is 71.3 Å². The van der Waals surface area contributed by atoms with E-state index < -0.39 is 0 Å². The number of hydrogen-bond acceptors (Lipinski definition) is 4. The van der Waals surface area contributed by atoms with Gasteiger partial charge in [0.1, 0.15) is 0 Å². The highest BCUT2D eigenvalue weighted by atomic mass is 15.1. The van der Waals surface area contributed by atoms with Gasteiger partial charge >= 0.3 is 0 Å². The third kappa shape index (κ3) is 4.62. The van der Waals surface area contributed by atoms with Crippen LogP contribution in [0.2, 0.25) is 0 Å². The minimum absolute atomic E-state index is 0.0623. The van der Waals surface area contributed by atoms with Crippen LogP contribution >= 0.6 is 0 Å². The maximum atomic E-state index is 9.37. The Hall–Kier alpha value is -2.77. The van der Waals surface area contributed by atoms with E-state index in [0.29, 0.717) is 0 Å². The molecule has 0 aliphatic carbocycles. The predicted octanol–water partition coefficient (Wildman–Crippen LogP) is 5.11. The number of nitriles is 1. The van der Waals surface area contributed by atoms with Crippen molar-refractivity contribution < 1.29 is 0 Å². The molecule has 0 spiro atoms. The van der Waals surface area contributed by atoms with Gasteiger partial charge in [-0.05, 0) is 99.1 Å². The van der Waals surface area contributed by atoms with Gasteiger partial charge in [0, 0.05) is 30.4 Å². The second-order valence-corrected chi connectivity index (χ2v) is 8.95. The molecule has 4 nitrogen and oxygen atoms in total. The zero-order valence-corrected chi connectivity index (χ0v) is 18.7. The van der Waals surface area contributed by atoms with Crippen LogP contribution in [-0.2, 0) is 18.3 Å². The van der Waals surface area contributed by atoms with Crippen molar-refractivity contribution in [1.29, 1.82) is 5.26 Å². The number of piperidine rings is 1. The number of rotatable bonds is 7. The molecular formula is C27H34N4. The Morgan fingerprint density at radius 2 is 2.06 bits per heavy atom. The maximum Gasteiger partial charge on any atom is 0.0991 e. The Kier molecular flexibility index (Phi) is 6.63.